The van der Waals surface area contributed by atoms with Crippen molar-refractivity contribution in [2.45, 2.75) is 45.8 Å². The van der Waals surface area contributed by atoms with Crippen molar-refractivity contribution in [3.63, 3.8) is 0 Å². The van der Waals surface area contributed by atoms with Gasteiger partial charge in [0, 0.05) is 11.6 Å². The van der Waals surface area contributed by atoms with Gasteiger partial charge in [0.1, 0.15) is 0 Å². The molecule has 21 heavy (non-hydrogen) atoms. The molecule has 0 amide bonds. The lowest BCUT2D eigenvalue weighted by Gasteiger charge is -2.23. The third-order valence-corrected chi connectivity index (χ3v) is 3.75. The van der Waals surface area contributed by atoms with Crippen LogP contribution in [0.3, 0.4) is 0 Å². The van der Waals surface area contributed by atoms with Crippen molar-refractivity contribution in [2.24, 2.45) is 0 Å². The maximum absolute atomic E-state index is 12.6. The summed E-state index contributed by atoms with van der Waals surface area (Å²) in [4.78, 5) is 13.7. The van der Waals surface area contributed by atoms with E-state index >= 15 is 0 Å². The van der Waals surface area contributed by atoms with Gasteiger partial charge in [0.05, 0.1) is 13.1 Å². The third-order valence-electron chi connectivity index (χ3n) is 3.75. The molecule has 0 aliphatic heterocycles. The van der Waals surface area contributed by atoms with Gasteiger partial charge in [-0.15, -0.1) is 0 Å². The van der Waals surface area contributed by atoms with Crippen LogP contribution in [0.1, 0.15) is 39.9 Å². The molecule has 1 aliphatic rings. The lowest BCUT2D eigenvalue weighted by atomic mass is 9.96. The molecule has 0 atom stereocenters. The molecule has 1 fully saturated rings. The van der Waals surface area contributed by atoms with Crippen molar-refractivity contribution < 1.29 is 18.0 Å². The number of rotatable bonds is 5. The van der Waals surface area contributed by atoms with Crippen molar-refractivity contribution in [2.75, 3.05) is 13.1 Å². The highest BCUT2D eigenvalue weighted by Gasteiger charge is 2.39. The Labute approximate surface area is 122 Å². The SMILES string of the molecule is Cc1cc(C)c(C(=O)CN(CC(F)(F)F)C2CC2)c(C)c1. The van der Waals surface area contributed by atoms with E-state index in [0.717, 1.165) is 29.5 Å². The number of alkyl halides is 3. The molecule has 5 heteroatoms. The second-order valence-electron chi connectivity index (χ2n) is 5.95. The smallest absolute Gasteiger partial charge is 0.293 e. The van der Waals surface area contributed by atoms with Gasteiger partial charge in [-0.05, 0) is 44.7 Å². The summed E-state index contributed by atoms with van der Waals surface area (Å²) in [7, 11) is 0. The van der Waals surface area contributed by atoms with Crippen molar-refractivity contribution in [3.05, 3.63) is 34.4 Å². The second-order valence-corrected chi connectivity index (χ2v) is 5.95. The molecule has 1 saturated carbocycles. The van der Waals surface area contributed by atoms with E-state index in [4.69, 9.17) is 0 Å². The fraction of sp³-hybridized carbons (Fsp3) is 0.562. The van der Waals surface area contributed by atoms with Crippen LogP contribution in [0.2, 0.25) is 0 Å². The zero-order valence-corrected chi connectivity index (χ0v) is 12.5. The first-order valence-corrected chi connectivity index (χ1v) is 7.09. The Morgan fingerprint density at radius 2 is 1.71 bits per heavy atom. The summed E-state index contributed by atoms with van der Waals surface area (Å²) in [6, 6.07) is 3.69. The van der Waals surface area contributed by atoms with Crippen LogP contribution in [-0.2, 0) is 0 Å². The van der Waals surface area contributed by atoms with Crippen LogP contribution in [0.5, 0.6) is 0 Å². The summed E-state index contributed by atoms with van der Waals surface area (Å²) in [5, 5.41) is 0. The van der Waals surface area contributed by atoms with E-state index < -0.39 is 12.7 Å². The number of carbonyl (C=O) groups excluding carboxylic acids is 1. The highest BCUT2D eigenvalue weighted by Crippen LogP contribution is 2.30. The third kappa shape index (κ3) is 4.30. The molecule has 2 nitrogen and oxygen atoms in total. The molecule has 0 aromatic heterocycles. The van der Waals surface area contributed by atoms with Gasteiger partial charge >= 0.3 is 6.18 Å². The molecule has 0 bridgehead atoms. The van der Waals surface area contributed by atoms with E-state index in [1.165, 1.54) is 4.90 Å². The Hall–Kier alpha value is -1.36. The van der Waals surface area contributed by atoms with Crippen molar-refractivity contribution in [1.82, 2.24) is 4.90 Å². The number of ketones is 1. The van der Waals surface area contributed by atoms with E-state index in [1.54, 1.807) is 0 Å². The molecule has 116 valence electrons. The Morgan fingerprint density at radius 3 is 2.14 bits per heavy atom. The zero-order chi connectivity index (χ0) is 15.8. The van der Waals surface area contributed by atoms with Crippen LogP contribution in [0.4, 0.5) is 13.2 Å². The number of nitrogens with zero attached hydrogens (tertiary/aromatic N) is 1. The summed E-state index contributed by atoms with van der Waals surface area (Å²) in [6.45, 7) is 4.44. The number of Topliss-reactive ketones (excluding diaryl/α,β-unsaturated/α-hetero) is 1. The lowest BCUT2D eigenvalue weighted by Crippen LogP contribution is -2.39. The Kier molecular flexibility index (Phi) is 4.42. The highest BCUT2D eigenvalue weighted by molar-refractivity contribution is 6.00. The minimum absolute atomic E-state index is 0.0957. The predicted octanol–water partition coefficient (Wildman–Crippen LogP) is 3.82. The topological polar surface area (TPSA) is 20.3 Å². The minimum atomic E-state index is -4.26. The number of aryl methyl sites for hydroxylation is 3. The summed E-state index contributed by atoms with van der Waals surface area (Å²) < 4.78 is 37.8. The van der Waals surface area contributed by atoms with Crippen LogP contribution in [-0.4, -0.2) is 36.0 Å². The van der Waals surface area contributed by atoms with E-state index in [2.05, 4.69) is 0 Å². The second kappa shape index (κ2) is 5.79. The summed E-state index contributed by atoms with van der Waals surface area (Å²) in [6.07, 6.45) is -2.77. The van der Waals surface area contributed by atoms with Gasteiger partial charge in [0.25, 0.3) is 0 Å². The molecule has 0 unspecified atom stereocenters. The standard InChI is InChI=1S/C16H20F3NO/c1-10-6-11(2)15(12(3)7-10)14(21)8-20(13-4-5-13)9-16(17,18)19/h6-7,13H,4-5,8-9H2,1-3H3. The summed E-state index contributed by atoms with van der Waals surface area (Å²) in [5.41, 5.74) is 3.28. The number of hydrogen-bond acceptors (Lipinski definition) is 2. The monoisotopic (exact) mass is 299 g/mol. The Morgan fingerprint density at radius 1 is 1.19 bits per heavy atom. The first-order chi connectivity index (χ1) is 9.67. The minimum Gasteiger partial charge on any atom is -0.293 e. The Balaban J connectivity index is 2.16. The van der Waals surface area contributed by atoms with Crippen LogP contribution in [0, 0.1) is 20.8 Å². The molecule has 0 spiro atoms. The fourth-order valence-corrected chi connectivity index (χ4v) is 2.87. The van der Waals surface area contributed by atoms with Gasteiger partial charge in [0.15, 0.2) is 5.78 Å². The molecule has 0 saturated heterocycles. The largest absolute Gasteiger partial charge is 0.401 e. The molecule has 0 heterocycles. The van der Waals surface area contributed by atoms with Crippen molar-refractivity contribution in [3.8, 4) is 0 Å². The maximum atomic E-state index is 12.6. The average Bonchev–Trinajstić information content (AvgIpc) is 3.07. The Bertz CT molecular complexity index is 524. The van der Waals surface area contributed by atoms with Crippen LogP contribution >= 0.6 is 0 Å². The van der Waals surface area contributed by atoms with Gasteiger partial charge < -0.3 is 0 Å². The molecular formula is C16H20F3NO. The van der Waals surface area contributed by atoms with Crippen LogP contribution in [0.25, 0.3) is 0 Å². The number of halogens is 3. The fourth-order valence-electron chi connectivity index (χ4n) is 2.87. The lowest BCUT2D eigenvalue weighted by molar-refractivity contribution is -0.145. The number of benzene rings is 1. The molecule has 0 radical (unpaired) electrons. The van der Waals surface area contributed by atoms with Gasteiger partial charge in [-0.1, -0.05) is 17.7 Å². The quantitative estimate of drug-likeness (QED) is 0.770. The molecular weight excluding hydrogens is 279 g/mol. The highest BCUT2D eigenvalue weighted by atomic mass is 19.4. The molecule has 1 aromatic carbocycles. The summed E-state index contributed by atoms with van der Waals surface area (Å²) >= 11 is 0. The van der Waals surface area contributed by atoms with E-state index in [-0.39, 0.29) is 18.4 Å². The first kappa shape index (κ1) is 16.0. The number of hydrogen-bond donors (Lipinski definition) is 0. The average molecular weight is 299 g/mol. The maximum Gasteiger partial charge on any atom is 0.401 e. The zero-order valence-electron chi connectivity index (χ0n) is 12.5. The van der Waals surface area contributed by atoms with Crippen LogP contribution in [0.15, 0.2) is 12.1 Å². The van der Waals surface area contributed by atoms with Crippen LogP contribution < -0.4 is 0 Å². The van der Waals surface area contributed by atoms with Gasteiger partial charge in [-0.25, -0.2) is 0 Å². The predicted molar refractivity (Wildman–Crippen MR) is 75.6 cm³/mol. The molecule has 0 N–H and O–H groups in total. The van der Waals surface area contributed by atoms with E-state index in [1.807, 2.05) is 32.9 Å². The van der Waals surface area contributed by atoms with Gasteiger partial charge in [-0.3, -0.25) is 9.69 Å². The van der Waals surface area contributed by atoms with Gasteiger partial charge in [-0.2, -0.15) is 13.2 Å². The van der Waals surface area contributed by atoms with Crippen molar-refractivity contribution in [1.29, 1.82) is 0 Å². The van der Waals surface area contributed by atoms with E-state index in [9.17, 15) is 18.0 Å². The van der Waals surface area contributed by atoms with Crippen molar-refractivity contribution >= 4 is 5.78 Å². The summed E-state index contributed by atoms with van der Waals surface area (Å²) in [5.74, 6) is -0.221. The first-order valence-electron chi connectivity index (χ1n) is 7.09. The van der Waals surface area contributed by atoms with Gasteiger partial charge in [0.2, 0.25) is 0 Å². The molecule has 1 aromatic rings. The molecule has 1 aliphatic carbocycles. The van der Waals surface area contributed by atoms with E-state index in [0.29, 0.717) is 5.56 Å². The number of carbonyl (C=O) groups is 1. The normalized spacial score (nSPS) is 15.6. The molecule has 2 rings (SSSR count).